The van der Waals surface area contributed by atoms with Crippen LogP contribution in [0.3, 0.4) is 0 Å². The van der Waals surface area contributed by atoms with Crippen molar-refractivity contribution in [2.24, 2.45) is 0 Å². The van der Waals surface area contributed by atoms with E-state index < -0.39 is 0 Å². The minimum Gasteiger partial charge on any atom is -0.306 e. The number of rotatable bonds is 3. The van der Waals surface area contributed by atoms with Gasteiger partial charge in [-0.3, -0.25) is 4.79 Å². The van der Waals surface area contributed by atoms with Gasteiger partial charge in [0, 0.05) is 15.9 Å². The summed E-state index contributed by atoms with van der Waals surface area (Å²) in [5.41, 5.74) is 1.55. The summed E-state index contributed by atoms with van der Waals surface area (Å²) in [7, 11) is 0. The van der Waals surface area contributed by atoms with Gasteiger partial charge in [0.05, 0.1) is 5.69 Å². The number of hydrogen-bond donors (Lipinski definition) is 1. The van der Waals surface area contributed by atoms with E-state index in [1.54, 1.807) is 11.8 Å². The Morgan fingerprint density at radius 2 is 1.86 bits per heavy atom. The van der Waals surface area contributed by atoms with Crippen molar-refractivity contribution in [3.05, 3.63) is 43.9 Å². The van der Waals surface area contributed by atoms with Crippen LogP contribution in [-0.2, 0) is 5.41 Å². The lowest BCUT2D eigenvalue weighted by atomic mass is 9.92. The predicted molar refractivity (Wildman–Crippen MR) is 98.1 cm³/mol. The highest BCUT2D eigenvalue weighted by Gasteiger charge is 2.22. The third-order valence-corrected chi connectivity index (χ3v) is 4.91. The Kier molecular flexibility index (Phi) is 5.14. The number of hydrogen-bond acceptors (Lipinski definition) is 3. The average Bonchev–Trinajstić information content (AvgIpc) is 2.41. The van der Waals surface area contributed by atoms with E-state index in [2.05, 4.69) is 72.4 Å². The van der Waals surface area contributed by atoms with Crippen LogP contribution in [0.5, 0.6) is 0 Å². The summed E-state index contributed by atoms with van der Waals surface area (Å²) in [5, 5.41) is 0. The molecule has 0 aliphatic rings. The highest BCUT2D eigenvalue weighted by atomic mass is 127. The van der Waals surface area contributed by atoms with Gasteiger partial charge in [-0.2, -0.15) is 0 Å². The second-order valence-corrected chi connectivity index (χ2v) is 8.20. The molecule has 0 saturated carbocycles. The molecule has 3 nitrogen and oxygen atoms in total. The molecule has 0 spiro atoms. The molecule has 0 atom stereocenters. The molecular formula is C16H19IN2OS. The number of aromatic amines is 1. The highest BCUT2D eigenvalue weighted by Crippen LogP contribution is 2.26. The lowest BCUT2D eigenvalue weighted by Crippen LogP contribution is -2.24. The van der Waals surface area contributed by atoms with Crippen LogP contribution >= 0.6 is 34.4 Å². The van der Waals surface area contributed by atoms with E-state index in [1.165, 1.54) is 4.90 Å². The molecule has 0 aliphatic carbocycles. The Hall–Kier alpha value is -0.820. The van der Waals surface area contributed by atoms with Crippen LogP contribution in [0.15, 0.2) is 34.0 Å². The molecule has 2 rings (SSSR count). The smallest absolute Gasteiger partial charge is 0.264 e. The fourth-order valence-corrected chi connectivity index (χ4v) is 3.69. The standard InChI is InChI=1S/C16H19IN2OS/c1-5-21-11-8-6-10(7-9-11)14-18-13(16(2,3)4)12(17)15(20)19-14/h6-9H,5H2,1-4H3,(H,18,19,20). The van der Waals surface area contributed by atoms with E-state index in [4.69, 9.17) is 0 Å². The molecule has 0 radical (unpaired) electrons. The van der Waals surface area contributed by atoms with Crippen LogP contribution in [-0.4, -0.2) is 15.7 Å². The molecular weight excluding hydrogens is 395 g/mol. The maximum atomic E-state index is 12.1. The molecule has 5 heteroatoms. The van der Waals surface area contributed by atoms with E-state index in [-0.39, 0.29) is 11.0 Å². The molecule has 0 unspecified atom stereocenters. The van der Waals surface area contributed by atoms with E-state index in [0.717, 1.165) is 17.0 Å². The topological polar surface area (TPSA) is 45.8 Å². The van der Waals surface area contributed by atoms with Crippen LogP contribution in [0.2, 0.25) is 0 Å². The number of nitrogens with zero attached hydrogens (tertiary/aromatic N) is 1. The zero-order valence-corrected chi connectivity index (χ0v) is 15.6. The summed E-state index contributed by atoms with van der Waals surface area (Å²) in [4.78, 5) is 20.9. The number of thioether (sulfide) groups is 1. The Morgan fingerprint density at radius 3 is 2.38 bits per heavy atom. The minimum atomic E-state index is -0.155. The minimum absolute atomic E-state index is 0.0717. The van der Waals surface area contributed by atoms with E-state index in [9.17, 15) is 4.79 Å². The first-order chi connectivity index (χ1) is 9.82. The van der Waals surface area contributed by atoms with Crippen molar-refractivity contribution in [2.45, 2.75) is 38.0 Å². The fourth-order valence-electron chi connectivity index (χ4n) is 1.97. The van der Waals surface area contributed by atoms with Crippen molar-refractivity contribution in [3.63, 3.8) is 0 Å². The molecule has 0 amide bonds. The predicted octanol–water partition coefficient (Wildman–Crippen LogP) is 4.45. The van der Waals surface area contributed by atoms with Crippen molar-refractivity contribution < 1.29 is 0 Å². The molecule has 0 saturated heterocycles. The molecule has 1 heterocycles. The van der Waals surface area contributed by atoms with Gasteiger partial charge in [-0.15, -0.1) is 11.8 Å². The highest BCUT2D eigenvalue weighted by molar-refractivity contribution is 14.1. The maximum Gasteiger partial charge on any atom is 0.264 e. The van der Waals surface area contributed by atoms with Crippen molar-refractivity contribution in [3.8, 4) is 11.4 Å². The van der Waals surface area contributed by atoms with E-state index >= 15 is 0 Å². The maximum absolute atomic E-state index is 12.1. The zero-order chi connectivity index (χ0) is 15.6. The largest absolute Gasteiger partial charge is 0.306 e. The Labute approximate surface area is 143 Å². The zero-order valence-electron chi connectivity index (χ0n) is 12.7. The summed E-state index contributed by atoms with van der Waals surface area (Å²) in [6, 6.07) is 8.15. The molecule has 2 aromatic rings. The normalized spacial score (nSPS) is 11.7. The number of H-pyrrole nitrogens is 1. The first-order valence-corrected chi connectivity index (χ1v) is 8.93. The summed E-state index contributed by atoms with van der Waals surface area (Å²) in [6.45, 7) is 8.34. The second kappa shape index (κ2) is 6.52. The van der Waals surface area contributed by atoms with Crippen LogP contribution in [0.4, 0.5) is 0 Å². The van der Waals surface area contributed by atoms with Gasteiger partial charge in [0.25, 0.3) is 5.56 Å². The Balaban J connectivity index is 2.49. The summed E-state index contributed by atoms with van der Waals surface area (Å²) < 4.78 is 0.669. The monoisotopic (exact) mass is 414 g/mol. The van der Waals surface area contributed by atoms with Gasteiger partial charge in [0.2, 0.25) is 0 Å². The van der Waals surface area contributed by atoms with Gasteiger partial charge in [-0.05, 0) is 40.5 Å². The van der Waals surface area contributed by atoms with E-state index in [1.807, 2.05) is 12.1 Å². The lowest BCUT2D eigenvalue weighted by molar-refractivity contribution is 0.562. The Morgan fingerprint density at radius 1 is 1.24 bits per heavy atom. The molecule has 112 valence electrons. The van der Waals surface area contributed by atoms with Gasteiger partial charge in [-0.1, -0.05) is 39.8 Å². The number of benzene rings is 1. The first kappa shape index (κ1) is 16.5. The molecule has 1 aromatic carbocycles. The van der Waals surface area contributed by atoms with Gasteiger partial charge in [0.15, 0.2) is 0 Å². The molecule has 0 fully saturated rings. The van der Waals surface area contributed by atoms with Crippen molar-refractivity contribution in [2.75, 3.05) is 5.75 Å². The second-order valence-electron chi connectivity index (χ2n) is 5.78. The molecule has 1 N–H and O–H groups in total. The number of halogens is 1. The third-order valence-electron chi connectivity index (χ3n) is 3.01. The summed E-state index contributed by atoms with van der Waals surface area (Å²) >= 11 is 3.87. The number of nitrogens with one attached hydrogen (secondary N) is 1. The molecule has 21 heavy (non-hydrogen) atoms. The summed E-state index contributed by atoms with van der Waals surface area (Å²) in [5.74, 6) is 1.69. The Bertz CT molecular complexity index is 687. The number of aromatic nitrogens is 2. The summed E-state index contributed by atoms with van der Waals surface area (Å²) in [6.07, 6.45) is 0. The van der Waals surface area contributed by atoms with Crippen LogP contribution in [0.25, 0.3) is 11.4 Å². The average molecular weight is 414 g/mol. The quantitative estimate of drug-likeness (QED) is 0.596. The van der Waals surface area contributed by atoms with Crippen molar-refractivity contribution in [1.82, 2.24) is 9.97 Å². The molecule has 0 bridgehead atoms. The van der Waals surface area contributed by atoms with E-state index in [0.29, 0.717) is 9.39 Å². The van der Waals surface area contributed by atoms with Gasteiger partial charge in [0.1, 0.15) is 9.39 Å². The first-order valence-electron chi connectivity index (χ1n) is 6.86. The SMILES string of the molecule is CCSc1ccc(-c2nc(C(C)(C)C)c(I)c(=O)[nH]2)cc1. The van der Waals surface area contributed by atoms with Crippen LogP contribution in [0, 0.1) is 3.57 Å². The fraction of sp³-hybridized carbons (Fsp3) is 0.375. The van der Waals surface area contributed by atoms with Crippen molar-refractivity contribution >= 4 is 34.4 Å². The van der Waals surface area contributed by atoms with Gasteiger partial charge >= 0.3 is 0 Å². The molecule has 0 aliphatic heterocycles. The third kappa shape index (κ3) is 3.88. The lowest BCUT2D eigenvalue weighted by Gasteiger charge is -2.19. The van der Waals surface area contributed by atoms with Gasteiger partial charge in [-0.25, -0.2) is 4.98 Å². The molecule has 1 aromatic heterocycles. The van der Waals surface area contributed by atoms with Crippen molar-refractivity contribution in [1.29, 1.82) is 0 Å². The van der Waals surface area contributed by atoms with Crippen LogP contribution in [0.1, 0.15) is 33.4 Å². The van der Waals surface area contributed by atoms with Gasteiger partial charge < -0.3 is 4.98 Å². The van der Waals surface area contributed by atoms with Crippen LogP contribution < -0.4 is 5.56 Å².